The van der Waals surface area contributed by atoms with Crippen LogP contribution in [0.5, 0.6) is 0 Å². The summed E-state index contributed by atoms with van der Waals surface area (Å²) in [6.45, 7) is 2.04. The second kappa shape index (κ2) is 6.90. The van der Waals surface area contributed by atoms with Crippen molar-refractivity contribution in [2.45, 2.75) is 6.92 Å². The topological polar surface area (TPSA) is 38.1 Å². The maximum Gasteiger partial charge on any atom is 0.300 e. The first-order valence-electron chi connectivity index (χ1n) is 8.14. The van der Waals surface area contributed by atoms with Gasteiger partial charge < -0.3 is 9.73 Å². The van der Waals surface area contributed by atoms with E-state index in [2.05, 4.69) is 10.3 Å². The molecule has 0 fully saturated rings. The van der Waals surface area contributed by atoms with Crippen LogP contribution >= 0.6 is 23.8 Å². The molecule has 4 rings (SSSR count). The molecule has 0 aliphatic carbocycles. The third-order valence-corrected chi connectivity index (χ3v) is 4.90. The molecular weight excluding hydrogens is 364 g/mol. The number of benzene rings is 3. The molecule has 128 valence electrons. The van der Waals surface area contributed by atoms with Gasteiger partial charge in [-0.3, -0.25) is 0 Å². The number of hydrogen-bond acceptors (Lipinski definition) is 4. The van der Waals surface area contributed by atoms with E-state index < -0.39 is 0 Å². The van der Waals surface area contributed by atoms with Gasteiger partial charge >= 0.3 is 0 Å². The molecule has 5 heteroatoms. The number of thiocarbonyl (C=S) groups is 1. The van der Waals surface area contributed by atoms with Crippen molar-refractivity contribution < 1.29 is 4.42 Å². The molecular formula is C21H15ClN2OS. The highest BCUT2D eigenvalue weighted by Gasteiger charge is 2.12. The van der Waals surface area contributed by atoms with Crippen LogP contribution in [0.1, 0.15) is 16.7 Å². The summed E-state index contributed by atoms with van der Waals surface area (Å²) >= 11 is 12.1. The summed E-state index contributed by atoms with van der Waals surface area (Å²) in [5.74, 6) is 0. The molecule has 1 aromatic heterocycles. The van der Waals surface area contributed by atoms with Crippen molar-refractivity contribution in [3.8, 4) is 0 Å². The molecule has 26 heavy (non-hydrogen) atoms. The van der Waals surface area contributed by atoms with Crippen LogP contribution in [-0.4, -0.2) is 9.85 Å². The fourth-order valence-corrected chi connectivity index (χ4v) is 3.54. The maximum atomic E-state index is 6.49. The smallest absolute Gasteiger partial charge is 0.300 e. The molecule has 1 N–H and O–H groups in total. The van der Waals surface area contributed by atoms with E-state index in [9.17, 15) is 0 Å². The van der Waals surface area contributed by atoms with Crippen molar-refractivity contribution >= 4 is 51.5 Å². The van der Waals surface area contributed by atoms with E-state index in [0.29, 0.717) is 11.0 Å². The predicted molar refractivity (Wildman–Crippen MR) is 111 cm³/mol. The quantitative estimate of drug-likeness (QED) is 0.334. The maximum absolute atomic E-state index is 6.49. The molecule has 0 saturated carbocycles. The lowest BCUT2D eigenvalue weighted by Gasteiger charge is -2.11. The highest BCUT2D eigenvalue weighted by atomic mass is 35.5. The molecule has 0 unspecified atom stereocenters. The SMILES string of the molecule is Cc1ccccc1C(=S)c1ccc(Nc2nc3ccccc3o2)cc1Cl. The van der Waals surface area contributed by atoms with Gasteiger partial charge in [0.15, 0.2) is 5.58 Å². The number of fused-ring (bicyclic) bond motifs is 1. The van der Waals surface area contributed by atoms with Crippen molar-refractivity contribution in [2.24, 2.45) is 0 Å². The molecule has 0 spiro atoms. The average molecular weight is 379 g/mol. The summed E-state index contributed by atoms with van der Waals surface area (Å²) in [7, 11) is 0. The van der Waals surface area contributed by atoms with E-state index in [-0.39, 0.29) is 0 Å². The third-order valence-electron chi connectivity index (χ3n) is 4.15. The van der Waals surface area contributed by atoms with Crippen LogP contribution in [0, 0.1) is 6.92 Å². The lowest BCUT2D eigenvalue weighted by Crippen LogP contribution is -2.03. The Bertz CT molecular complexity index is 1090. The highest BCUT2D eigenvalue weighted by molar-refractivity contribution is 7.81. The minimum atomic E-state index is 0.427. The molecule has 3 nitrogen and oxygen atoms in total. The normalized spacial score (nSPS) is 10.8. The number of anilines is 2. The summed E-state index contributed by atoms with van der Waals surface area (Å²) in [6, 6.07) is 21.7. The van der Waals surface area contributed by atoms with Crippen LogP contribution in [-0.2, 0) is 0 Å². The van der Waals surface area contributed by atoms with Crippen molar-refractivity contribution in [3.63, 3.8) is 0 Å². The Kier molecular flexibility index (Phi) is 4.45. The summed E-state index contributed by atoms with van der Waals surface area (Å²) in [6.07, 6.45) is 0. The zero-order chi connectivity index (χ0) is 18.1. The van der Waals surface area contributed by atoms with Crippen LogP contribution in [0.15, 0.2) is 71.1 Å². The monoisotopic (exact) mass is 378 g/mol. The van der Waals surface area contributed by atoms with Crippen LogP contribution in [0.4, 0.5) is 11.7 Å². The second-order valence-corrected chi connectivity index (χ2v) is 6.77. The molecule has 0 amide bonds. The van der Waals surface area contributed by atoms with E-state index in [1.807, 2.05) is 73.7 Å². The largest absolute Gasteiger partial charge is 0.423 e. The third kappa shape index (κ3) is 3.21. The van der Waals surface area contributed by atoms with Crippen LogP contribution in [0.2, 0.25) is 5.02 Å². The van der Waals surface area contributed by atoms with Crippen LogP contribution in [0.25, 0.3) is 11.1 Å². The van der Waals surface area contributed by atoms with Crippen LogP contribution in [0.3, 0.4) is 0 Å². The molecule has 0 radical (unpaired) electrons. The Hall–Kier alpha value is -2.69. The zero-order valence-electron chi connectivity index (χ0n) is 14.0. The van der Waals surface area contributed by atoms with Gasteiger partial charge in [0.2, 0.25) is 0 Å². The van der Waals surface area contributed by atoms with Crippen molar-refractivity contribution in [3.05, 3.63) is 88.4 Å². The standard InChI is InChI=1S/C21H15ClN2OS/c1-13-6-2-3-7-15(13)20(26)16-11-10-14(12-17(16)22)23-21-24-18-8-4-5-9-19(18)25-21/h2-12H,1H3,(H,23,24). The molecule has 1 heterocycles. The van der Waals surface area contributed by atoms with Gasteiger partial charge in [0.25, 0.3) is 6.01 Å². The molecule has 4 aromatic rings. The van der Waals surface area contributed by atoms with Crippen molar-refractivity contribution in [2.75, 3.05) is 5.32 Å². The van der Waals surface area contributed by atoms with E-state index in [1.165, 1.54) is 0 Å². The van der Waals surface area contributed by atoms with Gasteiger partial charge in [-0.2, -0.15) is 4.98 Å². The van der Waals surface area contributed by atoms with Crippen LogP contribution < -0.4 is 5.32 Å². The molecule has 0 atom stereocenters. The van der Waals surface area contributed by atoms with E-state index in [1.54, 1.807) is 0 Å². The summed E-state index contributed by atoms with van der Waals surface area (Å²) in [4.78, 5) is 5.15. The Balaban J connectivity index is 1.61. The molecule has 0 saturated heterocycles. The van der Waals surface area contributed by atoms with Crippen molar-refractivity contribution in [1.82, 2.24) is 4.98 Å². The number of aryl methyl sites for hydroxylation is 1. The summed E-state index contributed by atoms with van der Waals surface area (Å²) in [5, 5.41) is 3.73. The number of oxazole rings is 1. The first-order chi connectivity index (χ1) is 12.6. The number of halogens is 1. The lowest BCUT2D eigenvalue weighted by atomic mass is 10.00. The highest BCUT2D eigenvalue weighted by Crippen LogP contribution is 2.28. The minimum Gasteiger partial charge on any atom is -0.423 e. The zero-order valence-corrected chi connectivity index (χ0v) is 15.6. The van der Waals surface area contributed by atoms with Crippen molar-refractivity contribution in [1.29, 1.82) is 0 Å². The first kappa shape index (κ1) is 16.8. The van der Waals surface area contributed by atoms with Gasteiger partial charge in [-0.25, -0.2) is 0 Å². The number of nitrogens with zero attached hydrogens (tertiary/aromatic N) is 1. The predicted octanol–water partition coefficient (Wildman–Crippen LogP) is 6.30. The Labute approximate surface area is 161 Å². The minimum absolute atomic E-state index is 0.427. The summed E-state index contributed by atoms with van der Waals surface area (Å²) < 4.78 is 5.68. The fraction of sp³-hybridized carbons (Fsp3) is 0.0476. The van der Waals surface area contributed by atoms with Gasteiger partial charge in [0, 0.05) is 11.3 Å². The van der Waals surface area contributed by atoms with Gasteiger partial charge in [0.05, 0.1) is 9.89 Å². The van der Waals surface area contributed by atoms with E-state index in [4.69, 9.17) is 28.2 Å². The van der Waals surface area contributed by atoms with Gasteiger partial charge in [-0.05, 0) is 48.4 Å². The van der Waals surface area contributed by atoms with Gasteiger partial charge in [-0.1, -0.05) is 60.2 Å². The number of rotatable bonds is 4. The fourth-order valence-electron chi connectivity index (χ4n) is 2.80. The van der Waals surface area contributed by atoms with E-state index >= 15 is 0 Å². The average Bonchev–Trinajstić information content (AvgIpc) is 3.04. The number of para-hydroxylation sites is 2. The number of aromatic nitrogens is 1. The molecule has 0 aliphatic rings. The number of nitrogens with one attached hydrogen (secondary N) is 1. The second-order valence-electron chi connectivity index (χ2n) is 5.95. The molecule has 0 aliphatic heterocycles. The van der Waals surface area contributed by atoms with Gasteiger partial charge in [0.1, 0.15) is 5.52 Å². The molecule has 3 aromatic carbocycles. The lowest BCUT2D eigenvalue weighted by molar-refractivity contribution is 0.623. The molecule has 0 bridgehead atoms. The summed E-state index contributed by atoms with van der Waals surface area (Å²) in [5.41, 5.74) is 5.31. The van der Waals surface area contributed by atoms with Gasteiger partial charge in [-0.15, -0.1) is 0 Å². The van der Waals surface area contributed by atoms with E-state index in [0.717, 1.165) is 38.3 Å². The Morgan fingerprint density at radius 2 is 1.77 bits per heavy atom. The first-order valence-corrected chi connectivity index (χ1v) is 8.93. The number of hydrogen-bond donors (Lipinski definition) is 1. The Morgan fingerprint density at radius 3 is 2.54 bits per heavy atom. The Morgan fingerprint density at radius 1 is 1.00 bits per heavy atom.